The number of aliphatic imine (C=N–C) groups is 1. The highest BCUT2D eigenvalue weighted by molar-refractivity contribution is 6.33. The number of urea groups is 1. The lowest BCUT2D eigenvalue weighted by Crippen LogP contribution is -2.58. The Labute approximate surface area is 188 Å². The van der Waals surface area contributed by atoms with Gasteiger partial charge < -0.3 is 9.64 Å². The molecule has 0 saturated carbocycles. The van der Waals surface area contributed by atoms with Crippen molar-refractivity contribution in [3.63, 3.8) is 0 Å². The third-order valence-corrected chi connectivity index (χ3v) is 5.32. The maximum atomic E-state index is 12.8. The fourth-order valence-electron chi connectivity index (χ4n) is 3.36. The van der Waals surface area contributed by atoms with Crippen molar-refractivity contribution >= 4 is 52.9 Å². The minimum absolute atomic E-state index is 0.0946. The lowest BCUT2D eigenvalue weighted by molar-refractivity contribution is -0.131. The van der Waals surface area contributed by atoms with Crippen LogP contribution in [0.2, 0.25) is 5.02 Å². The van der Waals surface area contributed by atoms with E-state index >= 15 is 0 Å². The fraction of sp³-hybridized carbons (Fsp3) is 0.227. The van der Waals surface area contributed by atoms with Gasteiger partial charge in [0.15, 0.2) is 5.92 Å². The van der Waals surface area contributed by atoms with E-state index in [1.807, 2.05) is 0 Å². The molecule has 2 saturated heterocycles. The number of amides is 5. The maximum absolute atomic E-state index is 12.8. The fourth-order valence-corrected chi connectivity index (χ4v) is 3.48. The molecular formula is C22H19ClN4O5. The van der Waals surface area contributed by atoms with Gasteiger partial charge in [-0.1, -0.05) is 11.6 Å². The predicted octanol–water partition coefficient (Wildman–Crippen LogP) is 2.41. The molecule has 2 fully saturated rings. The number of carbonyl (C=O) groups excluding carboxylic acids is 4. The van der Waals surface area contributed by atoms with Gasteiger partial charge in [0.25, 0.3) is 11.8 Å². The molecule has 0 aromatic heterocycles. The smallest absolute Gasteiger partial charge is 0.335 e. The number of carbonyl (C=O) groups is 4. The number of hydrogen-bond donors (Lipinski definition) is 1. The van der Waals surface area contributed by atoms with Gasteiger partial charge in [-0.2, -0.15) is 0 Å². The standard InChI is InChI=1S/C22H19ClN4O5/c23-15-3-7-17(8-4-15)27-21(30)18(19(28)25-22(27)31)13-24-16-5-1-14(2-6-16)20(29)26-9-11-32-12-10-26/h1-8,13,18H,9-12H2,(H,25,28,31). The van der Waals surface area contributed by atoms with E-state index in [0.29, 0.717) is 42.6 Å². The first-order valence-corrected chi connectivity index (χ1v) is 10.3. The second-order valence-corrected chi connectivity index (χ2v) is 7.59. The zero-order valence-corrected chi connectivity index (χ0v) is 17.6. The molecule has 0 spiro atoms. The van der Waals surface area contributed by atoms with E-state index in [9.17, 15) is 19.2 Å². The van der Waals surface area contributed by atoms with Crippen LogP contribution in [0.5, 0.6) is 0 Å². The number of rotatable bonds is 4. The van der Waals surface area contributed by atoms with Crippen LogP contribution in [-0.2, 0) is 14.3 Å². The Bertz CT molecular complexity index is 1080. The molecular weight excluding hydrogens is 436 g/mol. The van der Waals surface area contributed by atoms with E-state index < -0.39 is 23.8 Å². The number of nitrogens with one attached hydrogen (secondary N) is 1. The molecule has 164 valence electrons. The highest BCUT2D eigenvalue weighted by Gasteiger charge is 2.40. The Morgan fingerprint density at radius 2 is 1.69 bits per heavy atom. The van der Waals surface area contributed by atoms with Crippen LogP contribution < -0.4 is 10.2 Å². The van der Waals surface area contributed by atoms with Crippen LogP contribution in [0, 0.1) is 5.92 Å². The zero-order valence-electron chi connectivity index (χ0n) is 16.9. The SMILES string of the molecule is O=C1NC(=O)N(c2ccc(Cl)cc2)C(=O)C1C=Nc1ccc(C(=O)N2CCOCC2)cc1. The van der Waals surface area contributed by atoms with Gasteiger partial charge in [-0.05, 0) is 48.5 Å². The van der Waals surface area contributed by atoms with Crippen molar-refractivity contribution in [1.29, 1.82) is 0 Å². The van der Waals surface area contributed by atoms with Gasteiger partial charge in [-0.3, -0.25) is 24.7 Å². The minimum Gasteiger partial charge on any atom is -0.378 e. The van der Waals surface area contributed by atoms with Gasteiger partial charge in [-0.15, -0.1) is 0 Å². The molecule has 10 heteroatoms. The highest BCUT2D eigenvalue weighted by Crippen LogP contribution is 2.23. The number of hydrogen-bond acceptors (Lipinski definition) is 6. The lowest BCUT2D eigenvalue weighted by atomic mass is 10.1. The van der Waals surface area contributed by atoms with Crippen molar-refractivity contribution in [2.24, 2.45) is 10.9 Å². The van der Waals surface area contributed by atoms with Crippen molar-refractivity contribution in [3.05, 3.63) is 59.1 Å². The number of imide groups is 2. The highest BCUT2D eigenvalue weighted by atomic mass is 35.5. The van der Waals surface area contributed by atoms with Gasteiger partial charge in [0, 0.05) is 29.9 Å². The third kappa shape index (κ3) is 4.53. The quantitative estimate of drug-likeness (QED) is 0.563. The Balaban J connectivity index is 1.48. The van der Waals surface area contributed by atoms with Gasteiger partial charge >= 0.3 is 6.03 Å². The molecule has 2 aromatic rings. The summed E-state index contributed by atoms with van der Waals surface area (Å²) in [6.45, 7) is 2.11. The number of barbiturate groups is 1. The van der Waals surface area contributed by atoms with Crippen molar-refractivity contribution in [1.82, 2.24) is 10.2 Å². The van der Waals surface area contributed by atoms with Gasteiger partial charge in [0.2, 0.25) is 5.91 Å². The second-order valence-electron chi connectivity index (χ2n) is 7.15. The van der Waals surface area contributed by atoms with Crippen LogP contribution in [0.25, 0.3) is 0 Å². The molecule has 2 aliphatic heterocycles. The first-order valence-electron chi connectivity index (χ1n) is 9.89. The third-order valence-electron chi connectivity index (χ3n) is 5.07. The van der Waals surface area contributed by atoms with Crippen LogP contribution in [-0.4, -0.2) is 61.2 Å². The number of anilines is 1. The summed E-state index contributed by atoms with van der Waals surface area (Å²) in [6, 6.07) is 11.8. The largest absolute Gasteiger partial charge is 0.378 e. The van der Waals surface area contributed by atoms with Crippen molar-refractivity contribution in [3.8, 4) is 0 Å². The summed E-state index contributed by atoms with van der Waals surface area (Å²) in [4.78, 5) is 56.6. The summed E-state index contributed by atoms with van der Waals surface area (Å²) >= 11 is 5.86. The number of nitrogens with zero attached hydrogens (tertiary/aromatic N) is 3. The number of benzene rings is 2. The van der Waals surface area contributed by atoms with E-state index in [-0.39, 0.29) is 11.6 Å². The molecule has 0 bridgehead atoms. The number of morpholine rings is 1. The second kappa shape index (κ2) is 9.29. The number of ether oxygens (including phenoxy) is 1. The average molecular weight is 455 g/mol. The molecule has 2 aliphatic rings. The van der Waals surface area contributed by atoms with E-state index in [4.69, 9.17) is 16.3 Å². The van der Waals surface area contributed by atoms with E-state index in [0.717, 1.165) is 4.90 Å². The average Bonchev–Trinajstić information content (AvgIpc) is 2.80. The first kappa shape index (κ1) is 21.7. The Morgan fingerprint density at radius 3 is 2.34 bits per heavy atom. The molecule has 1 atom stereocenters. The van der Waals surface area contributed by atoms with Crippen molar-refractivity contribution in [2.45, 2.75) is 0 Å². The summed E-state index contributed by atoms with van der Waals surface area (Å²) in [5, 5.41) is 2.61. The molecule has 2 aromatic carbocycles. The molecule has 0 radical (unpaired) electrons. The van der Waals surface area contributed by atoms with Crippen LogP contribution in [0.4, 0.5) is 16.2 Å². The van der Waals surface area contributed by atoms with Crippen LogP contribution in [0.15, 0.2) is 53.5 Å². The van der Waals surface area contributed by atoms with Crippen LogP contribution in [0.3, 0.4) is 0 Å². The van der Waals surface area contributed by atoms with Gasteiger partial charge in [0.05, 0.1) is 24.6 Å². The minimum atomic E-state index is -1.28. The Kier molecular flexibility index (Phi) is 6.29. The van der Waals surface area contributed by atoms with Crippen molar-refractivity contribution < 1.29 is 23.9 Å². The van der Waals surface area contributed by atoms with E-state index in [2.05, 4.69) is 10.3 Å². The zero-order chi connectivity index (χ0) is 22.7. The maximum Gasteiger partial charge on any atom is 0.335 e. The van der Waals surface area contributed by atoms with Gasteiger partial charge in [-0.25, -0.2) is 9.69 Å². The molecule has 9 nitrogen and oxygen atoms in total. The van der Waals surface area contributed by atoms with E-state index in [1.165, 1.54) is 30.5 Å². The summed E-state index contributed by atoms with van der Waals surface area (Å²) in [6.07, 6.45) is 1.19. The molecule has 2 heterocycles. The molecule has 1 N–H and O–H groups in total. The van der Waals surface area contributed by atoms with Gasteiger partial charge in [0.1, 0.15) is 0 Å². The van der Waals surface area contributed by atoms with E-state index in [1.54, 1.807) is 29.2 Å². The lowest BCUT2D eigenvalue weighted by Gasteiger charge is -2.28. The van der Waals surface area contributed by atoms with Crippen molar-refractivity contribution in [2.75, 3.05) is 31.2 Å². The summed E-state index contributed by atoms with van der Waals surface area (Å²) in [5.74, 6) is -2.85. The first-order chi connectivity index (χ1) is 15.4. The summed E-state index contributed by atoms with van der Waals surface area (Å²) in [5.41, 5.74) is 1.25. The molecule has 1 unspecified atom stereocenters. The normalized spacial score (nSPS) is 19.4. The molecule has 32 heavy (non-hydrogen) atoms. The Morgan fingerprint density at radius 1 is 1.03 bits per heavy atom. The monoisotopic (exact) mass is 454 g/mol. The van der Waals surface area contributed by atoms with Crippen LogP contribution >= 0.6 is 11.6 Å². The molecule has 0 aliphatic carbocycles. The topological polar surface area (TPSA) is 108 Å². The Hall–Kier alpha value is -3.56. The van der Waals surface area contributed by atoms with Crippen LogP contribution in [0.1, 0.15) is 10.4 Å². The summed E-state index contributed by atoms with van der Waals surface area (Å²) in [7, 11) is 0. The number of halogens is 1. The molecule has 4 rings (SSSR count). The summed E-state index contributed by atoms with van der Waals surface area (Å²) < 4.78 is 5.26. The molecule has 5 amide bonds. The predicted molar refractivity (Wildman–Crippen MR) is 117 cm³/mol.